The molecule has 1 saturated carbocycles. The van der Waals surface area contributed by atoms with Gasteiger partial charge in [-0.25, -0.2) is 4.79 Å². The van der Waals surface area contributed by atoms with E-state index < -0.39 is 12.0 Å². The predicted octanol–water partition coefficient (Wildman–Crippen LogP) is 1.47. The minimum Gasteiger partial charge on any atom is -0.480 e. The first kappa shape index (κ1) is 12.5. The quantitative estimate of drug-likeness (QED) is 0.875. The van der Waals surface area contributed by atoms with Gasteiger partial charge in [0, 0.05) is 18.4 Å². The van der Waals surface area contributed by atoms with E-state index in [0.717, 1.165) is 18.4 Å². The molecule has 1 heterocycles. The molecule has 2 rings (SSSR count). The third kappa shape index (κ3) is 2.50. The summed E-state index contributed by atoms with van der Waals surface area (Å²) < 4.78 is 0. The molecule has 0 saturated heterocycles. The highest BCUT2D eigenvalue weighted by atomic mass is 16.4. The Balaban J connectivity index is 2.26. The topological polar surface area (TPSA) is 70.5 Å². The summed E-state index contributed by atoms with van der Waals surface area (Å²) >= 11 is 0. The third-order valence-corrected chi connectivity index (χ3v) is 3.07. The maximum Gasteiger partial charge on any atom is 0.326 e. The number of carboxylic acid groups (broad SMARTS) is 1. The summed E-state index contributed by atoms with van der Waals surface area (Å²) in [6.07, 6.45) is 4.91. The lowest BCUT2D eigenvalue weighted by molar-refractivity contribution is -0.141. The molecule has 0 bridgehead atoms. The second-order valence-corrected chi connectivity index (χ2v) is 4.71. The molecule has 1 atom stereocenters. The average Bonchev–Trinajstić information content (AvgIpc) is 3.13. The Morgan fingerprint density at radius 2 is 2.11 bits per heavy atom. The fourth-order valence-corrected chi connectivity index (χ4v) is 1.95. The number of amides is 1. The predicted molar refractivity (Wildman–Crippen MR) is 65.3 cm³/mol. The van der Waals surface area contributed by atoms with Crippen molar-refractivity contribution in [2.75, 3.05) is 0 Å². The second-order valence-electron chi connectivity index (χ2n) is 4.71. The molecule has 96 valence electrons. The van der Waals surface area contributed by atoms with Crippen LogP contribution in [0.4, 0.5) is 0 Å². The first-order valence-electron chi connectivity index (χ1n) is 5.98. The van der Waals surface area contributed by atoms with Crippen LogP contribution in [0.25, 0.3) is 0 Å². The van der Waals surface area contributed by atoms with Crippen LogP contribution < -0.4 is 0 Å². The maximum absolute atomic E-state index is 12.3. The lowest BCUT2D eigenvalue weighted by Crippen LogP contribution is -2.44. The van der Waals surface area contributed by atoms with Crippen LogP contribution in [0.5, 0.6) is 0 Å². The van der Waals surface area contributed by atoms with Crippen molar-refractivity contribution >= 4 is 11.9 Å². The molecular weight excluding hydrogens is 232 g/mol. The number of carboxylic acids is 1. The van der Waals surface area contributed by atoms with Gasteiger partial charge in [0.15, 0.2) is 0 Å². The Morgan fingerprint density at radius 1 is 1.44 bits per heavy atom. The molecule has 1 amide bonds. The van der Waals surface area contributed by atoms with Gasteiger partial charge in [-0.15, -0.1) is 0 Å². The molecule has 0 aliphatic heterocycles. The first-order chi connectivity index (χ1) is 8.50. The highest BCUT2D eigenvalue weighted by molar-refractivity contribution is 5.96. The van der Waals surface area contributed by atoms with Gasteiger partial charge in [-0.3, -0.25) is 9.78 Å². The number of carbonyl (C=O) groups is 2. The lowest BCUT2D eigenvalue weighted by Gasteiger charge is -2.26. The van der Waals surface area contributed by atoms with Crippen LogP contribution in [0.3, 0.4) is 0 Å². The van der Waals surface area contributed by atoms with E-state index in [1.807, 2.05) is 6.92 Å². The molecule has 5 nitrogen and oxygen atoms in total. The van der Waals surface area contributed by atoms with Gasteiger partial charge in [-0.05, 0) is 38.3 Å². The number of hydrogen-bond acceptors (Lipinski definition) is 3. The van der Waals surface area contributed by atoms with Crippen molar-refractivity contribution in [1.82, 2.24) is 9.88 Å². The standard InChI is InChI=1S/C13H16N2O3/c1-8-5-10(7-14-6-8)12(16)15(11-3-4-11)9(2)13(17)18/h5-7,9,11H,3-4H2,1-2H3,(H,17,18). The van der Waals surface area contributed by atoms with Crippen molar-refractivity contribution in [3.8, 4) is 0 Å². The minimum atomic E-state index is -0.976. The summed E-state index contributed by atoms with van der Waals surface area (Å²) in [4.78, 5) is 28.8. The fraction of sp³-hybridized carbons (Fsp3) is 0.462. The number of hydrogen-bond donors (Lipinski definition) is 1. The molecule has 0 spiro atoms. The van der Waals surface area contributed by atoms with E-state index in [-0.39, 0.29) is 11.9 Å². The number of nitrogens with zero attached hydrogens (tertiary/aromatic N) is 2. The molecule has 0 aromatic carbocycles. The van der Waals surface area contributed by atoms with Crippen LogP contribution >= 0.6 is 0 Å². The van der Waals surface area contributed by atoms with Gasteiger partial charge in [-0.2, -0.15) is 0 Å². The van der Waals surface area contributed by atoms with Crippen molar-refractivity contribution < 1.29 is 14.7 Å². The molecule has 1 aromatic rings. The molecule has 0 radical (unpaired) electrons. The van der Waals surface area contributed by atoms with Crippen molar-refractivity contribution in [2.24, 2.45) is 0 Å². The molecule has 1 aromatic heterocycles. The lowest BCUT2D eigenvalue weighted by atomic mass is 10.1. The van der Waals surface area contributed by atoms with Crippen LogP contribution in [-0.4, -0.2) is 39.0 Å². The summed E-state index contributed by atoms with van der Waals surface area (Å²) in [5.74, 6) is -1.22. The minimum absolute atomic E-state index is 0.0594. The fourth-order valence-electron chi connectivity index (χ4n) is 1.95. The monoisotopic (exact) mass is 248 g/mol. The number of carbonyl (C=O) groups excluding carboxylic acids is 1. The Bertz CT molecular complexity index is 483. The van der Waals surface area contributed by atoms with Gasteiger partial charge in [0.1, 0.15) is 6.04 Å². The number of aromatic nitrogens is 1. The van der Waals surface area contributed by atoms with E-state index in [2.05, 4.69) is 4.98 Å². The van der Waals surface area contributed by atoms with Crippen molar-refractivity contribution in [2.45, 2.75) is 38.8 Å². The van der Waals surface area contributed by atoms with E-state index in [1.54, 1.807) is 19.2 Å². The van der Waals surface area contributed by atoms with E-state index in [0.29, 0.717) is 5.56 Å². The number of pyridine rings is 1. The highest BCUT2D eigenvalue weighted by Gasteiger charge is 2.38. The molecule has 1 unspecified atom stereocenters. The van der Waals surface area contributed by atoms with Crippen molar-refractivity contribution in [3.63, 3.8) is 0 Å². The zero-order valence-electron chi connectivity index (χ0n) is 10.5. The molecule has 1 aliphatic rings. The zero-order valence-corrected chi connectivity index (χ0v) is 10.5. The van der Waals surface area contributed by atoms with Crippen LogP contribution in [0.15, 0.2) is 18.5 Å². The maximum atomic E-state index is 12.3. The average molecular weight is 248 g/mol. The Labute approximate surface area is 105 Å². The van der Waals surface area contributed by atoms with E-state index in [9.17, 15) is 9.59 Å². The smallest absolute Gasteiger partial charge is 0.326 e. The van der Waals surface area contributed by atoms with E-state index in [4.69, 9.17) is 5.11 Å². The van der Waals surface area contributed by atoms with Crippen LogP contribution in [0.1, 0.15) is 35.7 Å². The van der Waals surface area contributed by atoms with Gasteiger partial charge >= 0.3 is 5.97 Å². The van der Waals surface area contributed by atoms with Crippen LogP contribution in [0, 0.1) is 6.92 Å². The SMILES string of the molecule is Cc1cncc(C(=O)N(C2CC2)C(C)C(=O)O)c1. The summed E-state index contributed by atoms with van der Waals surface area (Å²) in [5.41, 5.74) is 1.34. The van der Waals surface area contributed by atoms with Gasteiger partial charge in [-0.1, -0.05) is 0 Å². The Kier molecular flexibility index (Phi) is 3.32. The molecule has 1 fully saturated rings. The first-order valence-corrected chi connectivity index (χ1v) is 5.98. The molecule has 1 aliphatic carbocycles. The molecule has 5 heteroatoms. The third-order valence-electron chi connectivity index (χ3n) is 3.07. The van der Waals surface area contributed by atoms with Crippen molar-refractivity contribution in [1.29, 1.82) is 0 Å². The van der Waals surface area contributed by atoms with Gasteiger partial charge in [0.05, 0.1) is 5.56 Å². The summed E-state index contributed by atoms with van der Waals surface area (Å²) in [6.45, 7) is 3.40. The molecule has 18 heavy (non-hydrogen) atoms. The highest BCUT2D eigenvalue weighted by Crippen LogP contribution is 2.30. The largest absolute Gasteiger partial charge is 0.480 e. The summed E-state index contributed by atoms with van der Waals surface area (Å²) in [6, 6.07) is 0.994. The number of aryl methyl sites for hydroxylation is 1. The zero-order chi connectivity index (χ0) is 13.3. The number of rotatable bonds is 4. The normalized spacial score (nSPS) is 16.1. The van der Waals surface area contributed by atoms with Crippen LogP contribution in [-0.2, 0) is 4.79 Å². The second kappa shape index (κ2) is 4.76. The van der Waals surface area contributed by atoms with Gasteiger partial charge < -0.3 is 10.0 Å². The van der Waals surface area contributed by atoms with Gasteiger partial charge in [0.25, 0.3) is 5.91 Å². The summed E-state index contributed by atoms with van der Waals surface area (Å²) in [7, 11) is 0. The van der Waals surface area contributed by atoms with Crippen LogP contribution in [0.2, 0.25) is 0 Å². The number of aliphatic carboxylic acids is 1. The van der Waals surface area contributed by atoms with E-state index in [1.165, 1.54) is 11.1 Å². The Hall–Kier alpha value is -1.91. The van der Waals surface area contributed by atoms with Crippen molar-refractivity contribution in [3.05, 3.63) is 29.6 Å². The summed E-state index contributed by atoms with van der Waals surface area (Å²) in [5, 5.41) is 9.07. The molecular formula is C13H16N2O3. The molecule has 1 N–H and O–H groups in total. The Morgan fingerprint density at radius 3 is 2.61 bits per heavy atom. The van der Waals surface area contributed by atoms with E-state index >= 15 is 0 Å². The van der Waals surface area contributed by atoms with Gasteiger partial charge in [0.2, 0.25) is 0 Å².